The molecule has 6 heteroatoms. The third-order valence-corrected chi connectivity index (χ3v) is 3.65. The van der Waals surface area contributed by atoms with E-state index < -0.39 is 0 Å². The van der Waals surface area contributed by atoms with Crippen molar-refractivity contribution in [3.05, 3.63) is 28.6 Å². The molecule has 2 aromatic rings. The van der Waals surface area contributed by atoms with E-state index in [4.69, 9.17) is 14.6 Å². The highest BCUT2D eigenvalue weighted by atomic mass is 79.9. The molecule has 0 saturated heterocycles. The van der Waals surface area contributed by atoms with Crippen molar-refractivity contribution < 1.29 is 14.6 Å². The van der Waals surface area contributed by atoms with Crippen molar-refractivity contribution in [2.75, 3.05) is 19.8 Å². The molecule has 1 aliphatic rings. The minimum Gasteiger partial charge on any atom is -0.490 e. The van der Waals surface area contributed by atoms with E-state index >= 15 is 0 Å². The van der Waals surface area contributed by atoms with Crippen molar-refractivity contribution in [2.24, 2.45) is 0 Å². The summed E-state index contributed by atoms with van der Waals surface area (Å²) in [5, 5.41) is 8.97. The molecule has 0 atom stereocenters. The molecule has 2 N–H and O–H groups in total. The van der Waals surface area contributed by atoms with Crippen LogP contribution in [0.25, 0.3) is 11.3 Å². The zero-order valence-corrected chi connectivity index (χ0v) is 12.4. The molecule has 0 unspecified atom stereocenters. The van der Waals surface area contributed by atoms with Crippen LogP contribution in [0, 0.1) is 0 Å². The van der Waals surface area contributed by atoms with E-state index in [1.54, 1.807) is 0 Å². The quantitative estimate of drug-likeness (QED) is 0.902. The van der Waals surface area contributed by atoms with E-state index in [0.717, 1.165) is 39.6 Å². The number of halogens is 1. The molecule has 3 rings (SSSR count). The summed E-state index contributed by atoms with van der Waals surface area (Å²) in [5.41, 5.74) is 1.76. The van der Waals surface area contributed by atoms with Crippen LogP contribution >= 0.6 is 15.9 Å². The van der Waals surface area contributed by atoms with Gasteiger partial charge in [-0.3, -0.25) is 0 Å². The smallest absolute Gasteiger partial charge is 0.161 e. The summed E-state index contributed by atoms with van der Waals surface area (Å²) < 4.78 is 12.1. The van der Waals surface area contributed by atoms with Crippen LogP contribution < -0.4 is 9.47 Å². The molecule has 106 valence electrons. The van der Waals surface area contributed by atoms with Gasteiger partial charge in [-0.1, -0.05) is 0 Å². The van der Waals surface area contributed by atoms with Gasteiger partial charge in [0, 0.05) is 18.4 Å². The number of hydrogen-bond donors (Lipinski definition) is 2. The van der Waals surface area contributed by atoms with Crippen molar-refractivity contribution in [1.29, 1.82) is 0 Å². The van der Waals surface area contributed by atoms with Gasteiger partial charge in [-0.25, -0.2) is 4.98 Å². The first-order valence-electron chi connectivity index (χ1n) is 6.53. The molecule has 0 spiro atoms. The molecule has 1 aliphatic heterocycles. The van der Waals surface area contributed by atoms with Crippen molar-refractivity contribution in [3.63, 3.8) is 0 Å². The second kappa shape index (κ2) is 5.85. The fourth-order valence-electron chi connectivity index (χ4n) is 2.12. The molecule has 0 radical (unpaired) electrons. The van der Waals surface area contributed by atoms with Crippen LogP contribution in [0.15, 0.2) is 22.8 Å². The Morgan fingerprint density at radius 3 is 2.85 bits per heavy atom. The lowest BCUT2D eigenvalue weighted by atomic mass is 10.1. The lowest BCUT2D eigenvalue weighted by Crippen LogP contribution is -1.97. The Labute approximate surface area is 125 Å². The summed E-state index contributed by atoms with van der Waals surface area (Å²) in [5.74, 6) is 2.27. The highest BCUT2D eigenvalue weighted by Crippen LogP contribution is 2.35. The highest BCUT2D eigenvalue weighted by Gasteiger charge is 2.15. The van der Waals surface area contributed by atoms with E-state index in [2.05, 4.69) is 25.9 Å². The van der Waals surface area contributed by atoms with Crippen molar-refractivity contribution in [2.45, 2.75) is 12.8 Å². The monoisotopic (exact) mass is 338 g/mol. The number of aromatic nitrogens is 2. The lowest BCUT2D eigenvalue weighted by Gasteiger charge is -2.08. The Bertz CT molecular complexity index is 612. The molecule has 0 saturated carbocycles. The standard InChI is InChI=1S/C14H15BrN2O3/c15-14-13(16-12(17-14)4-5-18)9-2-3-10-11(8-9)20-7-1-6-19-10/h2-3,8,18H,1,4-7H2,(H,16,17). The number of fused-ring (bicyclic) bond motifs is 1. The number of imidazole rings is 1. The average molecular weight is 339 g/mol. The third kappa shape index (κ3) is 2.66. The van der Waals surface area contributed by atoms with Crippen LogP contribution in [-0.4, -0.2) is 34.9 Å². The van der Waals surface area contributed by atoms with Gasteiger partial charge in [0.05, 0.1) is 19.8 Å². The molecule has 1 aromatic heterocycles. The van der Waals surface area contributed by atoms with Gasteiger partial charge >= 0.3 is 0 Å². The Morgan fingerprint density at radius 1 is 1.25 bits per heavy atom. The predicted octanol–water partition coefficient (Wildman–Crippen LogP) is 2.54. The summed E-state index contributed by atoms with van der Waals surface area (Å²) in [6.07, 6.45) is 1.39. The van der Waals surface area contributed by atoms with E-state index in [9.17, 15) is 0 Å². The van der Waals surface area contributed by atoms with Gasteiger partial charge in [0.2, 0.25) is 0 Å². The zero-order chi connectivity index (χ0) is 13.9. The van der Waals surface area contributed by atoms with Crippen LogP contribution in [0.5, 0.6) is 11.5 Å². The molecule has 5 nitrogen and oxygen atoms in total. The van der Waals surface area contributed by atoms with Gasteiger partial charge in [0.25, 0.3) is 0 Å². The second-order valence-electron chi connectivity index (χ2n) is 4.53. The average Bonchev–Trinajstić information content (AvgIpc) is 2.68. The van der Waals surface area contributed by atoms with Crippen molar-refractivity contribution >= 4 is 15.9 Å². The maximum atomic E-state index is 8.97. The lowest BCUT2D eigenvalue weighted by molar-refractivity contribution is 0.296. The summed E-state index contributed by atoms with van der Waals surface area (Å²) >= 11 is 3.46. The number of aliphatic hydroxyl groups excluding tert-OH is 1. The van der Waals surface area contributed by atoms with Crippen molar-refractivity contribution in [3.8, 4) is 22.8 Å². The molecule has 1 aromatic carbocycles. The summed E-state index contributed by atoms with van der Waals surface area (Å²) in [6, 6.07) is 5.80. The topological polar surface area (TPSA) is 67.4 Å². The Balaban J connectivity index is 1.96. The van der Waals surface area contributed by atoms with Gasteiger partial charge in [0.15, 0.2) is 11.5 Å². The van der Waals surface area contributed by atoms with Gasteiger partial charge in [0.1, 0.15) is 16.1 Å². The largest absolute Gasteiger partial charge is 0.490 e. The minimum atomic E-state index is 0.0700. The first-order valence-corrected chi connectivity index (χ1v) is 7.32. The minimum absolute atomic E-state index is 0.0700. The highest BCUT2D eigenvalue weighted by molar-refractivity contribution is 9.10. The Kier molecular flexibility index (Phi) is 3.93. The number of H-pyrrole nitrogens is 1. The van der Waals surface area contributed by atoms with E-state index in [0.29, 0.717) is 19.6 Å². The number of ether oxygens (including phenoxy) is 2. The molecule has 2 heterocycles. The van der Waals surface area contributed by atoms with E-state index in [1.807, 2.05) is 18.2 Å². The van der Waals surface area contributed by atoms with E-state index in [-0.39, 0.29) is 6.61 Å². The van der Waals surface area contributed by atoms with E-state index in [1.165, 1.54) is 0 Å². The molecule has 20 heavy (non-hydrogen) atoms. The molecule has 0 aliphatic carbocycles. The molecule has 0 bridgehead atoms. The SMILES string of the molecule is OCCc1nc(-c2ccc3c(c2)OCCCO3)c(Br)[nH]1. The molecule has 0 fully saturated rings. The van der Waals surface area contributed by atoms with Crippen LogP contribution in [-0.2, 0) is 6.42 Å². The van der Waals surface area contributed by atoms with Gasteiger partial charge in [-0.05, 0) is 34.1 Å². The fourth-order valence-corrected chi connectivity index (χ4v) is 2.67. The predicted molar refractivity (Wildman–Crippen MR) is 78.1 cm³/mol. The molecular formula is C14H15BrN2O3. The zero-order valence-electron chi connectivity index (χ0n) is 10.9. The normalized spacial score (nSPS) is 14.1. The number of nitrogens with one attached hydrogen (secondary N) is 1. The van der Waals surface area contributed by atoms with Gasteiger partial charge < -0.3 is 19.6 Å². The number of aliphatic hydroxyl groups is 1. The van der Waals surface area contributed by atoms with Crippen LogP contribution in [0.1, 0.15) is 12.2 Å². The van der Waals surface area contributed by atoms with Gasteiger partial charge in [-0.2, -0.15) is 0 Å². The maximum Gasteiger partial charge on any atom is 0.161 e. The first kappa shape index (κ1) is 13.5. The molecular weight excluding hydrogens is 324 g/mol. The number of hydrogen-bond acceptors (Lipinski definition) is 4. The number of nitrogens with zero attached hydrogens (tertiary/aromatic N) is 1. The van der Waals surface area contributed by atoms with Crippen LogP contribution in [0.4, 0.5) is 0 Å². The number of rotatable bonds is 3. The first-order chi connectivity index (χ1) is 9.78. The van der Waals surface area contributed by atoms with Crippen LogP contribution in [0.2, 0.25) is 0 Å². The van der Waals surface area contributed by atoms with Gasteiger partial charge in [-0.15, -0.1) is 0 Å². The summed E-state index contributed by atoms with van der Waals surface area (Å²) in [6.45, 7) is 1.41. The maximum absolute atomic E-state index is 8.97. The Hall–Kier alpha value is -1.53. The summed E-state index contributed by atoms with van der Waals surface area (Å²) in [4.78, 5) is 7.59. The second-order valence-corrected chi connectivity index (χ2v) is 5.32. The Morgan fingerprint density at radius 2 is 2.05 bits per heavy atom. The van der Waals surface area contributed by atoms with Crippen LogP contribution in [0.3, 0.4) is 0 Å². The third-order valence-electron chi connectivity index (χ3n) is 3.08. The summed E-state index contributed by atoms with van der Waals surface area (Å²) in [7, 11) is 0. The fraction of sp³-hybridized carbons (Fsp3) is 0.357. The number of benzene rings is 1. The van der Waals surface area contributed by atoms with Crippen molar-refractivity contribution in [1.82, 2.24) is 9.97 Å². The number of aromatic amines is 1. The molecule has 0 amide bonds.